The van der Waals surface area contributed by atoms with E-state index >= 15 is 0 Å². The molecule has 0 unspecified atom stereocenters. The molecule has 2 heterocycles. The van der Waals surface area contributed by atoms with Crippen LogP contribution in [0.15, 0.2) is 24.3 Å². The van der Waals surface area contributed by atoms with Crippen LogP contribution in [0.3, 0.4) is 0 Å². The molecule has 0 bridgehead atoms. The average Bonchev–Trinajstić information content (AvgIpc) is 2.82. The zero-order valence-electron chi connectivity index (χ0n) is 10.4. The molecule has 0 saturated carbocycles. The van der Waals surface area contributed by atoms with Gasteiger partial charge in [-0.1, -0.05) is 23.5 Å². The zero-order chi connectivity index (χ0) is 12.2. The van der Waals surface area contributed by atoms with Gasteiger partial charge in [0.1, 0.15) is 0 Å². The number of thiazole rings is 1. The third kappa shape index (κ3) is 2.80. The van der Waals surface area contributed by atoms with E-state index in [2.05, 4.69) is 38.7 Å². The highest BCUT2D eigenvalue weighted by Crippen LogP contribution is 2.24. The van der Waals surface area contributed by atoms with E-state index in [0.29, 0.717) is 0 Å². The average molecular weight is 262 g/mol. The minimum atomic E-state index is 0.972. The molecule has 4 nitrogen and oxygen atoms in total. The van der Waals surface area contributed by atoms with Gasteiger partial charge in [0.2, 0.25) is 0 Å². The molecule has 18 heavy (non-hydrogen) atoms. The number of nitrogens with one attached hydrogen (secondary N) is 2. The fraction of sp³-hybridized carbons (Fsp3) is 0.462. The SMILES string of the molecule is c1ccc2sc(NCCN3CCNCC3)nc2c1. The number of benzene rings is 1. The summed E-state index contributed by atoms with van der Waals surface area (Å²) in [5.74, 6) is 0. The number of aromatic nitrogens is 1. The summed E-state index contributed by atoms with van der Waals surface area (Å²) in [5, 5.41) is 7.83. The van der Waals surface area contributed by atoms with Crippen LogP contribution in [0.25, 0.3) is 10.2 Å². The molecule has 1 aliphatic rings. The zero-order valence-corrected chi connectivity index (χ0v) is 11.2. The molecule has 2 aromatic rings. The van der Waals surface area contributed by atoms with Crippen LogP contribution in [0.4, 0.5) is 5.13 Å². The standard InChI is InChI=1S/C13H18N4S/c1-2-4-12-11(3-1)16-13(18-12)15-7-10-17-8-5-14-6-9-17/h1-4,14H,5-10H2,(H,15,16). The Balaban J connectivity index is 1.53. The minimum absolute atomic E-state index is 0.972. The first kappa shape index (κ1) is 11.9. The van der Waals surface area contributed by atoms with Crippen molar-refractivity contribution in [1.29, 1.82) is 0 Å². The van der Waals surface area contributed by atoms with Crippen LogP contribution in [0.5, 0.6) is 0 Å². The van der Waals surface area contributed by atoms with Gasteiger partial charge in [-0.15, -0.1) is 0 Å². The molecule has 0 amide bonds. The van der Waals surface area contributed by atoms with Gasteiger partial charge < -0.3 is 10.6 Å². The molecule has 5 heteroatoms. The molecule has 1 aliphatic heterocycles. The van der Waals surface area contributed by atoms with E-state index < -0.39 is 0 Å². The molecule has 0 aliphatic carbocycles. The molecular formula is C13H18N4S. The summed E-state index contributed by atoms with van der Waals surface area (Å²) in [7, 11) is 0. The second-order valence-electron chi connectivity index (χ2n) is 4.51. The number of fused-ring (bicyclic) bond motifs is 1. The van der Waals surface area contributed by atoms with Gasteiger partial charge in [-0.3, -0.25) is 4.90 Å². The van der Waals surface area contributed by atoms with E-state index in [4.69, 9.17) is 0 Å². The molecule has 3 rings (SSSR count). The Morgan fingerprint density at radius 1 is 1.28 bits per heavy atom. The van der Waals surface area contributed by atoms with E-state index in [1.807, 2.05) is 6.07 Å². The topological polar surface area (TPSA) is 40.2 Å². The van der Waals surface area contributed by atoms with Crippen LogP contribution in [-0.2, 0) is 0 Å². The van der Waals surface area contributed by atoms with Gasteiger partial charge in [0.25, 0.3) is 0 Å². The van der Waals surface area contributed by atoms with Crippen molar-refractivity contribution in [2.45, 2.75) is 0 Å². The van der Waals surface area contributed by atoms with E-state index in [0.717, 1.165) is 49.9 Å². The van der Waals surface area contributed by atoms with Crippen molar-refractivity contribution < 1.29 is 0 Å². The second-order valence-corrected chi connectivity index (χ2v) is 5.54. The molecule has 1 fully saturated rings. The predicted octanol–water partition coefficient (Wildman–Crippen LogP) is 1.61. The van der Waals surface area contributed by atoms with E-state index in [-0.39, 0.29) is 0 Å². The van der Waals surface area contributed by atoms with Crippen LogP contribution in [0.2, 0.25) is 0 Å². The van der Waals surface area contributed by atoms with Crippen molar-refractivity contribution in [3.05, 3.63) is 24.3 Å². The highest BCUT2D eigenvalue weighted by Gasteiger charge is 2.09. The second kappa shape index (κ2) is 5.65. The van der Waals surface area contributed by atoms with Crippen LogP contribution >= 0.6 is 11.3 Å². The van der Waals surface area contributed by atoms with Gasteiger partial charge in [0.15, 0.2) is 5.13 Å². The first-order chi connectivity index (χ1) is 8.92. The molecule has 0 spiro atoms. The molecule has 0 radical (unpaired) electrons. The van der Waals surface area contributed by atoms with Gasteiger partial charge in [-0.05, 0) is 12.1 Å². The lowest BCUT2D eigenvalue weighted by molar-refractivity contribution is 0.249. The van der Waals surface area contributed by atoms with Gasteiger partial charge in [0, 0.05) is 39.3 Å². The Bertz CT molecular complexity index is 471. The quantitative estimate of drug-likeness (QED) is 0.878. The summed E-state index contributed by atoms with van der Waals surface area (Å²) in [4.78, 5) is 7.05. The maximum absolute atomic E-state index is 4.57. The predicted molar refractivity (Wildman–Crippen MR) is 77.4 cm³/mol. The summed E-state index contributed by atoms with van der Waals surface area (Å²) in [6.07, 6.45) is 0. The molecule has 1 aromatic heterocycles. The maximum Gasteiger partial charge on any atom is 0.183 e. The molecule has 1 saturated heterocycles. The number of piperazine rings is 1. The van der Waals surface area contributed by atoms with Crippen molar-refractivity contribution in [1.82, 2.24) is 15.2 Å². The Hall–Kier alpha value is -1.17. The molecular weight excluding hydrogens is 244 g/mol. The Morgan fingerprint density at radius 2 is 2.11 bits per heavy atom. The van der Waals surface area contributed by atoms with E-state index in [9.17, 15) is 0 Å². The summed E-state index contributed by atoms with van der Waals surface area (Å²) < 4.78 is 1.25. The monoisotopic (exact) mass is 262 g/mol. The third-order valence-corrected chi connectivity index (χ3v) is 4.20. The van der Waals surface area contributed by atoms with Gasteiger partial charge >= 0.3 is 0 Å². The van der Waals surface area contributed by atoms with E-state index in [1.165, 1.54) is 4.70 Å². The minimum Gasteiger partial charge on any atom is -0.360 e. The lowest BCUT2D eigenvalue weighted by Gasteiger charge is -2.26. The maximum atomic E-state index is 4.57. The summed E-state index contributed by atoms with van der Waals surface area (Å²) in [6, 6.07) is 8.28. The fourth-order valence-corrected chi connectivity index (χ4v) is 3.09. The number of rotatable bonds is 4. The van der Waals surface area contributed by atoms with Gasteiger partial charge in [-0.2, -0.15) is 0 Å². The number of hydrogen-bond donors (Lipinski definition) is 2. The summed E-state index contributed by atoms with van der Waals surface area (Å²) in [6.45, 7) is 6.60. The van der Waals surface area contributed by atoms with Crippen LogP contribution in [-0.4, -0.2) is 49.2 Å². The first-order valence-electron chi connectivity index (χ1n) is 6.44. The molecule has 2 N–H and O–H groups in total. The van der Waals surface area contributed by atoms with Crippen LogP contribution < -0.4 is 10.6 Å². The van der Waals surface area contributed by atoms with Crippen molar-refractivity contribution in [2.75, 3.05) is 44.6 Å². The number of hydrogen-bond acceptors (Lipinski definition) is 5. The fourth-order valence-electron chi connectivity index (χ4n) is 2.20. The number of para-hydroxylation sites is 1. The Labute approximate surface area is 111 Å². The van der Waals surface area contributed by atoms with Crippen molar-refractivity contribution >= 4 is 26.7 Å². The smallest absolute Gasteiger partial charge is 0.183 e. The highest BCUT2D eigenvalue weighted by atomic mass is 32.1. The molecule has 0 atom stereocenters. The van der Waals surface area contributed by atoms with Crippen LogP contribution in [0, 0.1) is 0 Å². The molecule has 96 valence electrons. The van der Waals surface area contributed by atoms with E-state index in [1.54, 1.807) is 11.3 Å². The number of anilines is 1. The van der Waals surface area contributed by atoms with Crippen LogP contribution in [0.1, 0.15) is 0 Å². The normalized spacial score (nSPS) is 17.1. The lowest BCUT2D eigenvalue weighted by atomic mass is 10.3. The highest BCUT2D eigenvalue weighted by molar-refractivity contribution is 7.22. The Kier molecular flexibility index (Phi) is 3.73. The van der Waals surface area contributed by atoms with Crippen molar-refractivity contribution in [2.24, 2.45) is 0 Å². The lowest BCUT2D eigenvalue weighted by Crippen LogP contribution is -2.45. The van der Waals surface area contributed by atoms with Gasteiger partial charge in [-0.25, -0.2) is 4.98 Å². The van der Waals surface area contributed by atoms with Gasteiger partial charge in [0.05, 0.1) is 10.2 Å². The molecule has 1 aromatic carbocycles. The third-order valence-electron chi connectivity index (χ3n) is 3.21. The Morgan fingerprint density at radius 3 is 2.94 bits per heavy atom. The first-order valence-corrected chi connectivity index (χ1v) is 7.26. The largest absolute Gasteiger partial charge is 0.360 e. The number of nitrogens with zero attached hydrogens (tertiary/aromatic N) is 2. The summed E-state index contributed by atoms with van der Waals surface area (Å²) in [5.41, 5.74) is 1.09. The summed E-state index contributed by atoms with van der Waals surface area (Å²) >= 11 is 1.73. The van der Waals surface area contributed by atoms with Crippen molar-refractivity contribution in [3.63, 3.8) is 0 Å². The van der Waals surface area contributed by atoms with Crippen molar-refractivity contribution in [3.8, 4) is 0 Å².